The maximum atomic E-state index is 13.2. The first kappa shape index (κ1) is 14.1. The quantitative estimate of drug-likeness (QED) is 0.926. The molecule has 0 saturated carbocycles. The van der Waals surface area contributed by atoms with E-state index in [9.17, 15) is 9.18 Å². The third-order valence-electron chi connectivity index (χ3n) is 3.02. The first-order valence-electron chi connectivity index (χ1n) is 6.23. The zero-order valence-electron chi connectivity index (χ0n) is 11.7. The molecule has 0 saturated heterocycles. The number of amides is 1. The van der Waals surface area contributed by atoms with E-state index in [1.54, 1.807) is 20.1 Å². The SMILES string of the molecule is COc1ccc(C)cc1NC(=O)c1ccc(F)c(C)c1. The van der Waals surface area contributed by atoms with Gasteiger partial charge < -0.3 is 10.1 Å². The molecule has 20 heavy (non-hydrogen) atoms. The smallest absolute Gasteiger partial charge is 0.255 e. The number of hydrogen-bond donors (Lipinski definition) is 1. The van der Waals surface area contributed by atoms with Crippen LogP contribution in [-0.2, 0) is 0 Å². The van der Waals surface area contributed by atoms with Gasteiger partial charge in [-0.05, 0) is 55.3 Å². The number of ether oxygens (including phenoxy) is 1. The minimum atomic E-state index is -0.324. The molecule has 2 rings (SSSR count). The molecule has 0 aliphatic heterocycles. The first-order valence-corrected chi connectivity index (χ1v) is 6.23. The van der Waals surface area contributed by atoms with Gasteiger partial charge in [-0.2, -0.15) is 0 Å². The lowest BCUT2D eigenvalue weighted by Gasteiger charge is -2.11. The second-order valence-electron chi connectivity index (χ2n) is 4.62. The summed E-state index contributed by atoms with van der Waals surface area (Å²) in [5.74, 6) is -0.0329. The predicted octanol–water partition coefficient (Wildman–Crippen LogP) is 3.70. The molecular formula is C16H16FNO2. The maximum Gasteiger partial charge on any atom is 0.255 e. The Morgan fingerprint density at radius 2 is 1.90 bits per heavy atom. The number of aryl methyl sites for hydroxylation is 2. The maximum absolute atomic E-state index is 13.2. The number of halogens is 1. The van der Waals surface area contributed by atoms with Crippen LogP contribution in [0, 0.1) is 19.7 Å². The molecule has 104 valence electrons. The van der Waals surface area contributed by atoms with Gasteiger partial charge in [-0.3, -0.25) is 4.79 Å². The van der Waals surface area contributed by atoms with Crippen LogP contribution in [-0.4, -0.2) is 13.0 Å². The highest BCUT2D eigenvalue weighted by molar-refractivity contribution is 6.05. The Labute approximate surface area is 117 Å². The van der Waals surface area contributed by atoms with Gasteiger partial charge in [0.15, 0.2) is 0 Å². The molecule has 2 aromatic carbocycles. The molecule has 3 nitrogen and oxygen atoms in total. The molecule has 0 aromatic heterocycles. The number of anilines is 1. The summed E-state index contributed by atoms with van der Waals surface area (Å²) in [5, 5.41) is 2.78. The second-order valence-corrected chi connectivity index (χ2v) is 4.62. The molecule has 1 N–H and O–H groups in total. The largest absolute Gasteiger partial charge is 0.495 e. The van der Waals surface area contributed by atoms with E-state index in [1.807, 2.05) is 19.1 Å². The zero-order valence-corrected chi connectivity index (χ0v) is 11.7. The van der Waals surface area contributed by atoms with Crippen LogP contribution >= 0.6 is 0 Å². The van der Waals surface area contributed by atoms with Gasteiger partial charge in [-0.25, -0.2) is 4.39 Å². The lowest BCUT2D eigenvalue weighted by molar-refractivity contribution is 0.102. The first-order chi connectivity index (χ1) is 9.51. The number of benzene rings is 2. The fraction of sp³-hybridized carbons (Fsp3) is 0.188. The third kappa shape index (κ3) is 2.96. The number of carbonyl (C=O) groups excluding carboxylic acids is 1. The fourth-order valence-corrected chi connectivity index (χ4v) is 1.90. The van der Waals surface area contributed by atoms with Crippen LogP contribution in [0.1, 0.15) is 21.5 Å². The summed E-state index contributed by atoms with van der Waals surface area (Å²) in [7, 11) is 1.54. The van der Waals surface area contributed by atoms with Crippen molar-refractivity contribution in [1.82, 2.24) is 0 Å². The van der Waals surface area contributed by atoms with Crippen molar-refractivity contribution in [2.75, 3.05) is 12.4 Å². The van der Waals surface area contributed by atoms with Gasteiger partial charge in [0.05, 0.1) is 12.8 Å². The van der Waals surface area contributed by atoms with Gasteiger partial charge in [-0.15, -0.1) is 0 Å². The van der Waals surface area contributed by atoms with Gasteiger partial charge >= 0.3 is 0 Å². The summed E-state index contributed by atoms with van der Waals surface area (Å²) in [4.78, 5) is 12.2. The van der Waals surface area contributed by atoms with Crippen molar-refractivity contribution in [1.29, 1.82) is 0 Å². The summed E-state index contributed by atoms with van der Waals surface area (Å²) >= 11 is 0. The monoisotopic (exact) mass is 273 g/mol. The lowest BCUT2D eigenvalue weighted by atomic mass is 10.1. The standard InChI is InChI=1S/C16H16FNO2/c1-10-4-7-15(20-3)14(8-10)18-16(19)12-5-6-13(17)11(2)9-12/h4-9H,1-3H3,(H,18,19). The van der Waals surface area contributed by atoms with Crippen molar-refractivity contribution in [2.24, 2.45) is 0 Å². The van der Waals surface area contributed by atoms with E-state index < -0.39 is 0 Å². The number of hydrogen-bond acceptors (Lipinski definition) is 2. The zero-order chi connectivity index (χ0) is 14.7. The van der Waals surface area contributed by atoms with E-state index in [1.165, 1.54) is 18.2 Å². The van der Waals surface area contributed by atoms with E-state index in [0.717, 1.165) is 5.56 Å². The second kappa shape index (κ2) is 5.74. The molecular weight excluding hydrogens is 257 g/mol. The van der Waals surface area contributed by atoms with Crippen LogP contribution in [0.5, 0.6) is 5.75 Å². The molecule has 0 atom stereocenters. The van der Waals surface area contributed by atoms with Crippen LogP contribution in [0.4, 0.5) is 10.1 Å². The highest BCUT2D eigenvalue weighted by Gasteiger charge is 2.11. The number of carbonyl (C=O) groups is 1. The molecule has 0 aliphatic rings. The lowest BCUT2D eigenvalue weighted by Crippen LogP contribution is -2.13. The molecule has 2 aromatic rings. The van der Waals surface area contributed by atoms with Crippen LogP contribution in [0.25, 0.3) is 0 Å². The van der Waals surface area contributed by atoms with Crippen molar-refractivity contribution in [3.63, 3.8) is 0 Å². The topological polar surface area (TPSA) is 38.3 Å². The Balaban J connectivity index is 2.27. The summed E-state index contributed by atoms with van der Waals surface area (Å²) in [6, 6.07) is 9.79. The van der Waals surface area contributed by atoms with Crippen LogP contribution in [0.15, 0.2) is 36.4 Å². The van der Waals surface area contributed by atoms with Gasteiger partial charge in [0, 0.05) is 5.56 Å². The van der Waals surface area contributed by atoms with Crippen molar-refractivity contribution >= 4 is 11.6 Å². The highest BCUT2D eigenvalue weighted by Crippen LogP contribution is 2.25. The highest BCUT2D eigenvalue weighted by atomic mass is 19.1. The van der Waals surface area contributed by atoms with E-state index >= 15 is 0 Å². The van der Waals surface area contributed by atoms with E-state index in [4.69, 9.17) is 4.74 Å². The van der Waals surface area contributed by atoms with Gasteiger partial charge in [0.2, 0.25) is 0 Å². The van der Waals surface area contributed by atoms with Crippen LogP contribution in [0.2, 0.25) is 0 Å². The normalized spacial score (nSPS) is 10.2. The molecule has 0 heterocycles. The summed E-state index contributed by atoms with van der Waals surface area (Å²) in [6.45, 7) is 3.55. The number of methoxy groups -OCH3 is 1. The van der Waals surface area contributed by atoms with E-state index in [-0.39, 0.29) is 11.7 Å². The van der Waals surface area contributed by atoms with E-state index in [2.05, 4.69) is 5.32 Å². The molecule has 0 spiro atoms. The van der Waals surface area contributed by atoms with Crippen LogP contribution in [0.3, 0.4) is 0 Å². The van der Waals surface area contributed by atoms with Crippen molar-refractivity contribution < 1.29 is 13.9 Å². The number of rotatable bonds is 3. The fourth-order valence-electron chi connectivity index (χ4n) is 1.90. The third-order valence-corrected chi connectivity index (χ3v) is 3.02. The van der Waals surface area contributed by atoms with E-state index in [0.29, 0.717) is 22.6 Å². The number of nitrogens with one attached hydrogen (secondary N) is 1. The van der Waals surface area contributed by atoms with Crippen LogP contribution < -0.4 is 10.1 Å². The Kier molecular flexibility index (Phi) is 4.03. The Morgan fingerprint density at radius 1 is 1.15 bits per heavy atom. The van der Waals surface area contributed by atoms with Gasteiger partial charge in [0.1, 0.15) is 11.6 Å². The van der Waals surface area contributed by atoms with Crippen molar-refractivity contribution in [3.8, 4) is 5.75 Å². The van der Waals surface area contributed by atoms with Crippen molar-refractivity contribution in [2.45, 2.75) is 13.8 Å². The minimum absolute atomic E-state index is 0.294. The summed E-state index contributed by atoms with van der Waals surface area (Å²) in [6.07, 6.45) is 0. The van der Waals surface area contributed by atoms with Gasteiger partial charge in [0.25, 0.3) is 5.91 Å². The Morgan fingerprint density at radius 3 is 2.55 bits per heavy atom. The molecule has 0 bridgehead atoms. The Bertz CT molecular complexity index is 653. The molecule has 0 aliphatic carbocycles. The molecule has 0 radical (unpaired) electrons. The minimum Gasteiger partial charge on any atom is -0.495 e. The molecule has 0 unspecified atom stereocenters. The van der Waals surface area contributed by atoms with Gasteiger partial charge in [-0.1, -0.05) is 6.07 Å². The Hall–Kier alpha value is -2.36. The summed E-state index contributed by atoms with van der Waals surface area (Å²) in [5.41, 5.74) is 2.46. The average molecular weight is 273 g/mol. The molecule has 0 fully saturated rings. The summed E-state index contributed by atoms with van der Waals surface area (Å²) < 4.78 is 18.4. The predicted molar refractivity (Wildman–Crippen MR) is 76.8 cm³/mol. The molecule has 1 amide bonds. The van der Waals surface area contributed by atoms with Crippen molar-refractivity contribution in [3.05, 3.63) is 58.9 Å². The average Bonchev–Trinajstić information content (AvgIpc) is 2.42. The molecule has 4 heteroatoms.